The Balaban J connectivity index is 0.000000321. The van der Waals surface area contributed by atoms with Crippen LogP contribution in [-0.4, -0.2) is 44.4 Å². The van der Waals surface area contributed by atoms with E-state index >= 15 is 0 Å². The summed E-state index contributed by atoms with van der Waals surface area (Å²) in [7, 11) is 0. The first-order chi connectivity index (χ1) is 8.34. The fraction of sp³-hybridized carbons (Fsp3) is 0.182. The molecular formula is C11H12O7. The van der Waals surface area contributed by atoms with Crippen molar-refractivity contribution >= 4 is 17.9 Å². The monoisotopic (exact) mass is 256 g/mol. The summed E-state index contributed by atoms with van der Waals surface area (Å²) in [6, 6.07) is 8.30. The number of aliphatic carboxylic acids is 2. The van der Waals surface area contributed by atoms with E-state index in [-0.39, 0.29) is 0 Å². The second-order valence-corrected chi connectivity index (χ2v) is 3.12. The zero-order valence-corrected chi connectivity index (χ0v) is 9.18. The molecule has 0 amide bonds. The first kappa shape index (κ1) is 15.6. The summed E-state index contributed by atoms with van der Waals surface area (Å²) in [4.78, 5) is 29.6. The normalized spacial score (nSPS) is 10.7. The summed E-state index contributed by atoms with van der Waals surface area (Å²) in [6.07, 6.45) is -2.54. The zero-order valence-electron chi connectivity index (χ0n) is 9.18. The molecule has 4 N–H and O–H groups in total. The molecule has 0 spiro atoms. The van der Waals surface area contributed by atoms with Gasteiger partial charge in [-0.25, -0.2) is 9.59 Å². The number of carboxylic acid groups (broad SMARTS) is 3. The highest BCUT2D eigenvalue weighted by molar-refractivity contribution is 5.87. The van der Waals surface area contributed by atoms with Gasteiger partial charge in [-0.1, -0.05) is 18.2 Å². The summed E-state index contributed by atoms with van der Waals surface area (Å²) in [6.45, 7) is 0. The third-order valence-electron chi connectivity index (χ3n) is 1.67. The number of aromatic carboxylic acids is 1. The standard InChI is InChI=1S/C7H6O2.C4H6O5/c8-7(9)6-4-2-1-3-5-6;5-2(4(8)9)1-3(6)7/h1-5H,(H,8,9);2,5H,1H2,(H,6,7)(H,8,9). The van der Waals surface area contributed by atoms with Gasteiger partial charge < -0.3 is 20.4 Å². The second-order valence-electron chi connectivity index (χ2n) is 3.12. The van der Waals surface area contributed by atoms with Crippen molar-refractivity contribution in [3.05, 3.63) is 35.9 Å². The maximum Gasteiger partial charge on any atom is 0.335 e. The third-order valence-corrected chi connectivity index (χ3v) is 1.67. The van der Waals surface area contributed by atoms with Gasteiger partial charge in [0.1, 0.15) is 0 Å². The zero-order chi connectivity index (χ0) is 14.1. The molecule has 98 valence electrons. The Morgan fingerprint density at radius 3 is 1.72 bits per heavy atom. The summed E-state index contributed by atoms with van der Waals surface area (Å²) in [5.41, 5.74) is 0.331. The fourth-order valence-corrected chi connectivity index (χ4v) is 0.833. The molecule has 1 atom stereocenters. The predicted octanol–water partition coefficient (Wildman–Crippen LogP) is 0.291. The SMILES string of the molecule is O=C(O)CC(O)C(=O)O.O=C(O)c1ccccc1. The minimum Gasteiger partial charge on any atom is -0.481 e. The Morgan fingerprint density at radius 1 is 1.00 bits per heavy atom. The van der Waals surface area contributed by atoms with E-state index < -0.39 is 30.4 Å². The Morgan fingerprint density at radius 2 is 1.50 bits per heavy atom. The molecule has 0 saturated heterocycles. The molecule has 0 bridgehead atoms. The maximum atomic E-state index is 10.2. The van der Waals surface area contributed by atoms with Gasteiger partial charge in [0.25, 0.3) is 0 Å². The Hall–Kier alpha value is -2.41. The first-order valence-corrected chi connectivity index (χ1v) is 4.75. The lowest BCUT2D eigenvalue weighted by molar-refractivity contribution is -0.152. The van der Waals surface area contributed by atoms with Crippen LogP contribution in [0, 0.1) is 0 Å². The van der Waals surface area contributed by atoms with E-state index in [1.54, 1.807) is 30.3 Å². The van der Waals surface area contributed by atoms with Crippen LogP contribution < -0.4 is 0 Å². The Bertz CT molecular complexity index is 413. The van der Waals surface area contributed by atoms with Crippen LogP contribution in [0.5, 0.6) is 0 Å². The lowest BCUT2D eigenvalue weighted by Gasteiger charge is -1.97. The van der Waals surface area contributed by atoms with Gasteiger partial charge >= 0.3 is 17.9 Å². The van der Waals surface area contributed by atoms with Gasteiger partial charge in [0.15, 0.2) is 6.10 Å². The number of aliphatic hydroxyl groups excluding tert-OH is 1. The van der Waals surface area contributed by atoms with E-state index in [1.165, 1.54) is 0 Å². The number of hydrogen-bond donors (Lipinski definition) is 4. The summed E-state index contributed by atoms with van der Waals surface area (Å²) >= 11 is 0. The van der Waals surface area contributed by atoms with E-state index in [1.807, 2.05) is 0 Å². The molecule has 0 radical (unpaired) electrons. The van der Waals surface area contributed by atoms with E-state index in [0.717, 1.165) is 0 Å². The highest BCUT2D eigenvalue weighted by Crippen LogP contribution is 1.96. The van der Waals surface area contributed by atoms with E-state index in [0.29, 0.717) is 5.56 Å². The molecule has 0 aliphatic rings. The highest BCUT2D eigenvalue weighted by atomic mass is 16.4. The molecular weight excluding hydrogens is 244 g/mol. The lowest BCUT2D eigenvalue weighted by Crippen LogP contribution is -2.22. The molecule has 0 aromatic heterocycles. The van der Waals surface area contributed by atoms with Crippen molar-refractivity contribution in [1.82, 2.24) is 0 Å². The van der Waals surface area contributed by atoms with Crippen LogP contribution in [0.2, 0.25) is 0 Å². The van der Waals surface area contributed by atoms with E-state index in [4.69, 9.17) is 20.4 Å². The lowest BCUT2D eigenvalue weighted by atomic mass is 10.2. The Labute approximate surface area is 102 Å². The van der Waals surface area contributed by atoms with Crippen LogP contribution in [0.25, 0.3) is 0 Å². The van der Waals surface area contributed by atoms with Gasteiger partial charge in [0.2, 0.25) is 0 Å². The second kappa shape index (κ2) is 7.80. The highest BCUT2D eigenvalue weighted by Gasteiger charge is 2.16. The van der Waals surface area contributed by atoms with Crippen LogP contribution >= 0.6 is 0 Å². The van der Waals surface area contributed by atoms with Crippen molar-refractivity contribution in [1.29, 1.82) is 0 Å². The van der Waals surface area contributed by atoms with Crippen molar-refractivity contribution in [3.8, 4) is 0 Å². The van der Waals surface area contributed by atoms with Gasteiger partial charge in [-0.15, -0.1) is 0 Å². The molecule has 0 fully saturated rings. The molecule has 0 aliphatic heterocycles. The van der Waals surface area contributed by atoms with Gasteiger partial charge in [-0.2, -0.15) is 0 Å². The number of carbonyl (C=O) groups is 3. The minimum absolute atomic E-state index is 0.331. The first-order valence-electron chi connectivity index (χ1n) is 4.75. The average Bonchev–Trinajstić information content (AvgIpc) is 2.30. The number of aliphatic hydroxyl groups is 1. The van der Waals surface area contributed by atoms with Crippen molar-refractivity contribution in [2.45, 2.75) is 12.5 Å². The molecule has 0 aliphatic carbocycles. The van der Waals surface area contributed by atoms with Gasteiger partial charge in [-0.3, -0.25) is 4.79 Å². The van der Waals surface area contributed by atoms with Gasteiger partial charge in [0.05, 0.1) is 12.0 Å². The molecule has 18 heavy (non-hydrogen) atoms. The van der Waals surface area contributed by atoms with Crippen molar-refractivity contribution in [3.63, 3.8) is 0 Å². The summed E-state index contributed by atoms with van der Waals surface area (Å²) in [5.74, 6) is -3.72. The third kappa shape index (κ3) is 6.96. The van der Waals surface area contributed by atoms with Gasteiger partial charge in [-0.05, 0) is 12.1 Å². The summed E-state index contributed by atoms with van der Waals surface area (Å²) in [5, 5.41) is 32.5. The number of benzene rings is 1. The van der Waals surface area contributed by atoms with Crippen molar-refractivity contribution in [2.75, 3.05) is 0 Å². The quantitative estimate of drug-likeness (QED) is 0.608. The maximum absolute atomic E-state index is 10.2. The van der Waals surface area contributed by atoms with Crippen LogP contribution in [0.15, 0.2) is 30.3 Å². The largest absolute Gasteiger partial charge is 0.481 e. The molecule has 1 unspecified atom stereocenters. The van der Waals surface area contributed by atoms with Crippen LogP contribution in [0.4, 0.5) is 0 Å². The minimum atomic E-state index is -1.79. The Kier molecular flexibility index (Phi) is 6.75. The average molecular weight is 256 g/mol. The fourth-order valence-electron chi connectivity index (χ4n) is 0.833. The molecule has 7 heteroatoms. The van der Waals surface area contributed by atoms with Crippen LogP contribution in [0.1, 0.15) is 16.8 Å². The molecule has 1 rings (SSSR count). The number of carboxylic acids is 3. The van der Waals surface area contributed by atoms with E-state index in [9.17, 15) is 14.4 Å². The molecule has 0 saturated carbocycles. The van der Waals surface area contributed by atoms with Crippen LogP contribution in [-0.2, 0) is 9.59 Å². The molecule has 1 aromatic carbocycles. The number of hydrogen-bond acceptors (Lipinski definition) is 4. The topological polar surface area (TPSA) is 132 Å². The smallest absolute Gasteiger partial charge is 0.335 e. The predicted molar refractivity (Wildman–Crippen MR) is 59.3 cm³/mol. The molecule has 1 aromatic rings. The van der Waals surface area contributed by atoms with Gasteiger partial charge in [0, 0.05) is 0 Å². The van der Waals surface area contributed by atoms with E-state index in [2.05, 4.69) is 0 Å². The molecule has 7 nitrogen and oxygen atoms in total. The van der Waals surface area contributed by atoms with Crippen LogP contribution in [0.3, 0.4) is 0 Å². The molecule has 0 heterocycles. The van der Waals surface area contributed by atoms with Crippen molar-refractivity contribution in [2.24, 2.45) is 0 Å². The summed E-state index contributed by atoms with van der Waals surface area (Å²) < 4.78 is 0. The van der Waals surface area contributed by atoms with Crippen molar-refractivity contribution < 1.29 is 34.8 Å². The number of rotatable bonds is 4.